The Morgan fingerprint density at radius 3 is 2.54 bits per heavy atom. The van der Waals surface area contributed by atoms with Gasteiger partial charge in [-0.25, -0.2) is 4.79 Å². The molecule has 0 spiro atoms. The summed E-state index contributed by atoms with van der Waals surface area (Å²) in [5, 5.41) is 30.8. The quantitative estimate of drug-likeness (QED) is 0.485. The second kappa shape index (κ2) is 7.92. The Bertz CT molecular complexity index is 1050. The zero-order valence-corrected chi connectivity index (χ0v) is 14.8. The zero-order valence-electron chi connectivity index (χ0n) is 14.8. The first-order valence-corrected chi connectivity index (χ1v) is 8.41. The number of carbonyl (C=O) groups excluding carboxylic acids is 1. The fourth-order valence-electron chi connectivity index (χ4n) is 2.98. The number of rotatable bonds is 4. The number of ketones is 1. The van der Waals surface area contributed by atoms with Crippen molar-refractivity contribution < 1.29 is 24.9 Å². The molecule has 1 aromatic carbocycles. The van der Waals surface area contributed by atoms with Crippen molar-refractivity contribution in [2.75, 3.05) is 0 Å². The van der Waals surface area contributed by atoms with Gasteiger partial charge in [0.1, 0.15) is 23.9 Å². The van der Waals surface area contributed by atoms with E-state index in [2.05, 4.69) is 11.8 Å². The summed E-state index contributed by atoms with van der Waals surface area (Å²) in [4.78, 5) is 38.5. The average Bonchev–Trinajstić information content (AvgIpc) is 2.98. The monoisotopic (exact) mass is 386 g/mol. The molecule has 1 aliphatic heterocycles. The van der Waals surface area contributed by atoms with Crippen molar-refractivity contribution >= 4 is 5.78 Å². The lowest BCUT2D eigenvalue weighted by atomic mass is 9.98. The summed E-state index contributed by atoms with van der Waals surface area (Å²) in [6.07, 6.45) is -6.86. The molecule has 1 saturated heterocycles. The first-order chi connectivity index (χ1) is 13.3. The van der Waals surface area contributed by atoms with Gasteiger partial charge in [0, 0.05) is 6.20 Å². The third-order valence-electron chi connectivity index (χ3n) is 4.41. The summed E-state index contributed by atoms with van der Waals surface area (Å²) in [5.41, 5.74) is -1.37. The maximum Gasteiger partial charge on any atom is 0.330 e. The highest BCUT2D eigenvalue weighted by atomic mass is 16.6. The van der Waals surface area contributed by atoms with Gasteiger partial charge >= 0.3 is 5.69 Å². The van der Waals surface area contributed by atoms with Crippen molar-refractivity contribution in [1.82, 2.24) is 9.55 Å². The average molecular weight is 386 g/mol. The van der Waals surface area contributed by atoms with E-state index >= 15 is 0 Å². The number of carbonyl (C=O) groups is 1. The minimum Gasteiger partial charge on any atom is -0.387 e. The Labute approximate surface area is 158 Å². The molecule has 0 amide bonds. The van der Waals surface area contributed by atoms with Gasteiger partial charge in [-0.2, -0.15) is 0 Å². The number of H-pyrrole nitrogens is 1. The number of aromatic nitrogens is 2. The minimum atomic E-state index is -1.68. The molecule has 2 aromatic rings. The van der Waals surface area contributed by atoms with Crippen molar-refractivity contribution in [3.8, 4) is 11.8 Å². The van der Waals surface area contributed by atoms with Gasteiger partial charge in [-0.3, -0.25) is 19.1 Å². The van der Waals surface area contributed by atoms with Crippen LogP contribution in [0, 0.1) is 11.8 Å². The molecule has 1 aliphatic rings. The van der Waals surface area contributed by atoms with Crippen LogP contribution in [0.4, 0.5) is 0 Å². The fraction of sp³-hybridized carbons (Fsp3) is 0.316. The predicted octanol–water partition coefficient (Wildman–Crippen LogP) is -1.17. The van der Waals surface area contributed by atoms with Crippen molar-refractivity contribution in [2.24, 2.45) is 0 Å². The van der Waals surface area contributed by atoms with E-state index in [-0.39, 0.29) is 5.56 Å². The highest BCUT2D eigenvalue weighted by Crippen LogP contribution is 2.31. The summed E-state index contributed by atoms with van der Waals surface area (Å²) >= 11 is 0. The number of aromatic amines is 1. The minimum absolute atomic E-state index is 0.0495. The number of hydrogen-bond acceptors (Lipinski definition) is 7. The van der Waals surface area contributed by atoms with E-state index in [1.807, 2.05) is 4.98 Å². The number of aliphatic hydroxyl groups excluding tert-OH is 3. The molecule has 0 bridgehead atoms. The summed E-state index contributed by atoms with van der Waals surface area (Å²) < 4.78 is 6.26. The number of Topliss-reactive ketones (excluding diaryl/α,β-unsaturated/α-hetero) is 1. The van der Waals surface area contributed by atoms with Gasteiger partial charge in [-0.1, -0.05) is 36.3 Å². The molecule has 0 saturated carbocycles. The smallest absolute Gasteiger partial charge is 0.330 e. The number of benzene rings is 1. The van der Waals surface area contributed by atoms with Gasteiger partial charge in [0.05, 0.1) is 0 Å². The van der Waals surface area contributed by atoms with Crippen molar-refractivity contribution in [3.63, 3.8) is 0 Å². The van der Waals surface area contributed by atoms with Crippen LogP contribution in [0.3, 0.4) is 0 Å². The fourth-order valence-corrected chi connectivity index (χ4v) is 2.98. The van der Waals surface area contributed by atoms with E-state index < -0.39 is 47.7 Å². The molecule has 1 unspecified atom stereocenters. The maximum atomic E-state index is 12.6. The predicted molar refractivity (Wildman–Crippen MR) is 96.2 cm³/mol. The lowest BCUT2D eigenvalue weighted by Gasteiger charge is -2.18. The zero-order chi connectivity index (χ0) is 20.4. The summed E-state index contributed by atoms with van der Waals surface area (Å²) in [7, 11) is 0. The Balaban J connectivity index is 1.92. The highest BCUT2D eigenvalue weighted by Gasteiger charge is 2.49. The van der Waals surface area contributed by atoms with E-state index in [9.17, 15) is 29.7 Å². The van der Waals surface area contributed by atoms with Crippen LogP contribution < -0.4 is 11.2 Å². The standard InChI is InChI=1S/C19H18N2O7/c1-2-6-11-9-21(19(27)20-17(11)26)18-15(25)14(24)16(28-18)13(23)12(22)10-7-4-3-5-8-10/h3-5,7-9,12,14-16,18,22,24-25H,1H3,(H,20,26,27)/t12?,14-,15-,16+,18+/m0/s1. The molecule has 0 radical (unpaired) electrons. The largest absolute Gasteiger partial charge is 0.387 e. The maximum absolute atomic E-state index is 12.6. The second-order valence-corrected chi connectivity index (χ2v) is 6.23. The molecular weight excluding hydrogens is 368 g/mol. The van der Waals surface area contributed by atoms with Crippen LogP contribution >= 0.6 is 0 Å². The lowest BCUT2D eigenvalue weighted by Crippen LogP contribution is -2.39. The highest BCUT2D eigenvalue weighted by molar-refractivity contribution is 5.89. The van der Waals surface area contributed by atoms with Gasteiger partial charge in [0.15, 0.2) is 18.1 Å². The van der Waals surface area contributed by atoms with Crippen molar-refractivity contribution in [1.29, 1.82) is 0 Å². The first kappa shape index (κ1) is 19.7. The molecule has 9 nitrogen and oxygen atoms in total. The van der Waals surface area contributed by atoms with Crippen LogP contribution in [0.1, 0.15) is 30.4 Å². The lowest BCUT2D eigenvalue weighted by molar-refractivity contribution is -0.144. The van der Waals surface area contributed by atoms with Crippen LogP contribution in [-0.2, 0) is 9.53 Å². The number of ether oxygens (including phenoxy) is 1. The molecular formula is C19H18N2O7. The van der Waals surface area contributed by atoms with Gasteiger partial charge in [-0.05, 0) is 12.5 Å². The van der Waals surface area contributed by atoms with Crippen LogP contribution in [0.5, 0.6) is 0 Å². The Hall–Kier alpha value is -3.03. The molecule has 0 aliphatic carbocycles. The third-order valence-corrected chi connectivity index (χ3v) is 4.41. The van der Waals surface area contributed by atoms with E-state index in [1.54, 1.807) is 18.2 Å². The van der Waals surface area contributed by atoms with Crippen LogP contribution in [0.25, 0.3) is 0 Å². The summed E-state index contributed by atoms with van der Waals surface area (Å²) in [6, 6.07) is 8.03. The van der Waals surface area contributed by atoms with Crippen molar-refractivity contribution in [2.45, 2.75) is 37.6 Å². The van der Waals surface area contributed by atoms with Gasteiger partial charge in [0.25, 0.3) is 5.56 Å². The van der Waals surface area contributed by atoms with Crippen LogP contribution in [0.2, 0.25) is 0 Å². The Kier molecular flexibility index (Phi) is 5.58. The number of nitrogens with zero attached hydrogens (tertiary/aromatic N) is 1. The van der Waals surface area contributed by atoms with Crippen LogP contribution in [0.15, 0.2) is 46.1 Å². The number of aliphatic hydroxyl groups is 3. The van der Waals surface area contributed by atoms with Gasteiger partial charge < -0.3 is 20.1 Å². The third kappa shape index (κ3) is 3.54. The molecule has 1 aromatic heterocycles. The Morgan fingerprint density at radius 1 is 1.21 bits per heavy atom. The van der Waals surface area contributed by atoms with Gasteiger partial charge in [-0.15, -0.1) is 5.92 Å². The molecule has 146 valence electrons. The second-order valence-electron chi connectivity index (χ2n) is 6.23. The van der Waals surface area contributed by atoms with Gasteiger partial charge in [0.2, 0.25) is 0 Å². The van der Waals surface area contributed by atoms with Crippen molar-refractivity contribution in [3.05, 3.63) is 68.5 Å². The normalized spacial score (nSPS) is 25.0. The van der Waals surface area contributed by atoms with E-state index in [0.29, 0.717) is 5.56 Å². The van der Waals surface area contributed by atoms with Crippen LogP contribution in [-0.4, -0.2) is 49.0 Å². The molecule has 3 rings (SSSR count). The molecule has 5 atom stereocenters. The number of nitrogens with one attached hydrogen (secondary N) is 1. The molecule has 28 heavy (non-hydrogen) atoms. The molecule has 1 fully saturated rings. The van der Waals surface area contributed by atoms with E-state index in [4.69, 9.17) is 4.74 Å². The molecule has 9 heteroatoms. The number of hydrogen-bond donors (Lipinski definition) is 4. The SMILES string of the molecule is CC#Cc1cn([C@@H]2O[C@H](C(=O)C(O)c3ccccc3)[C@@H](O)[C@@H]2O)c(=O)[nH]c1=O. The molecule has 4 N–H and O–H groups in total. The Morgan fingerprint density at radius 2 is 1.89 bits per heavy atom. The summed E-state index contributed by atoms with van der Waals surface area (Å²) in [5.74, 6) is 4.15. The first-order valence-electron chi connectivity index (χ1n) is 8.41. The summed E-state index contributed by atoms with van der Waals surface area (Å²) in [6.45, 7) is 1.50. The topological polar surface area (TPSA) is 142 Å². The molecule has 2 heterocycles. The van der Waals surface area contributed by atoms with E-state index in [0.717, 1.165) is 10.8 Å². The van der Waals surface area contributed by atoms with E-state index in [1.165, 1.54) is 19.1 Å².